The Balaban J connectivity index is 1.83. The average Bonchev–Trinajstić information content (AvgIpc) is 2.73. The maximum atomic E-state index is 12.4. The highest BCUT2D eigenvalue weighted by Crippen LogP contribution is 2.36. The Morgan fingerprint density at radius 1 is 1.14 bits per heavy atom. The van der Waals surface area contributed by atoms with Crippen LogP contribution in [0.5, 0.6) is 5.75 Å². The van der Waals surface area contributed by atoms with E-state index >= 15 is 0 Å². The molecule has 2 aromatic carbocycles. The van der Waals surface area contributed by atoms with Crippen LogP contribution in [0.2, 0.25) is 0 Å². The molecule has 0 saturated heterocycles. The van der Waals surface area contributed by atoms with Gasteiger partial charge in [0, 0.05) is 4.90 Å². The van der Waals surface area contributed by atoms with E-state index in [1.807, 2.05) is 31.2 Å². The van der Waals surface area contributed by atoms with Crippen LogP contribution in [0.4, 0.5) is 11.5 Å². The van der Waals surface area contributed by atoms with Crippen LogP contribution in [-0.4, -0.2) is 27.9 Å². The molecule has 1 aromatic heterocycles. The Kier molecular flexibility index (Phi) is 6.25. The molecule has 9 nitrogen and oxygen atoms in total. The predicted molar refractivity (Wildman–Crippen MR) is 108 cm³/mol. The smallest absolute Gasteiger partial charge is 0.345 e. The van der Waals surface area contributed by atoms with Gasteiger partial charge in [0.05, 0.1) is 17.6 Å². The molecule has 0 aliphatic carbocycles. The summed E-state index contributed by atoms with van der Waals surface area (Å²) in [5, 5.41) is 11.8. The van der Waals surface area contributed by atoms with E-state index in [-0.39, 0.29) is 22.1 Å². The standard InChI is InChI=1S/C19H17N5O4S/c1-12-7-9-13(10-8-12)29-19-16(24(26)27)17(20-11-21-19)22-23-18(25)14-5-3-4-6-15(14)28-2/h3-11H,1-2H3,(H,23,25)(H,20,21,22). The van der Waals surface area contributed by atoms with E-state index < -0.39 is 10.8 Å². The molecule has 3 aromatic rings. The lowest BCUT2D eigenvalue weighted by Crippen LogP contribution is -2.30. The molecule has 10 heteroatoms. The van der Waals surface area contributed by atoms with Gasteiger partial charge in [-0.15, -0.1) is 0 Å². The zero-order chi connectivity index (χ0) is 20.8. The highest BCUT2D eigenvalue weighted by atomic mass is 32.2. The Morgan fingerprint density at radius 2 is 1.86 bits per heavy atom. The Labute approximate surface area is 170 Å². The van der Waals surface area contributed by atoms with Gasteiger partial charge in [-0.3, -0.25) is 25.8 Å². The maximum absolute atomic E-state index is 12.4. The lowest BCUT2D eigenvalue weighted by Gasteiger charge is -2.11. The van der Waals surface area contributed by atoms with Gasteiger partial charge in [0.2, 0.25) is 5.82 Å². The summed E-state index contributed by atoms with van der Waals surface area (Å²) in [6, 6.07) is 14.1. The molecule has 0 aliphatic rings. The number of carbonyl (C=O) groups is 1. The first-order chi connectivity index (χ1) is 14.0. The first-order valence-corrected chi connectivity index (χ1v) is 9.24. The number of carbonyl (C=O) groups excluding carboxylic acids is 1. The van der Waals surface area contributed by atoms with Crippen molar-refractivity contribution in [3.05, 3.63) is 76.1 Å². The average molecular weight is 411 g/mol. The van der Waals surface area contributed by atoms with Crippen LogP contribution in [0, 0.1) is 17.0 Å². The van der Waals surface area contributed by atoms with Crippen LogP contribution >= 0.6 is 11.8 Å². The van der Waals surface area contributed by atoms with Crippen LogP contribution in [-0.2, 0) is 0 Å². The Bertz CT molecular complexity index is 1040. The zero-order valence-electron chi connectivity index (χ0n) is 15.6. The summed E-state index contributed by atoms with van der Waals surface area (Å²) >= 11 is 1.14. The first kappa shape index (κ1) is 20.1. The van der Waals surface area contributed by atoms with E-state index in [1.165, 1.54) is 13.4 Å². The van der Waals surface area contributed by atoms with E-state index in [0.717, 1.165) is 22.2 Å². The summed E-state index contributed by atoms with van der Waals surface area (Å²) in [5.74, 6) is -0.273. The minimum atomic E-state index is -0.589. The Morgan fingerprint density at radius 3 is 2.55 bits per heavy atom. The van der Waals surface area contributed by atoms with Gasteiger partial charge >= 0.3 is 5.69 Å². The fourth-order valence-corrected chi connectivity index (χ4v) is 3.29. The molecule has 0 radical (unpaired) electrons. The predicted octanol–water partition coefficient (Wildman–Crippen LogP) is 3.61. The number of nitrogens with one attached hydrogen (secondary N) is 2. The van der Waals surface area contributed by atoms with Gasteiger partial charge in [-0.2, -0.15) is 0 Å². The number of methoxy groups -OCH3 is 1. The number of rotatable bonds is 7. The lowest BCUT2D eigenvalue weighted by molar-refractivity contribution is -0.387. The van der Waals surface area contributed by atoms with Gasteiger partial charge in [-0.25, -0.2) is 9.97 Å². The van der Waals surface area contributed by atoms with Crippen molar-refractivity contribution in [3.63, 3.8) is 0 Å². The van der Waals surface area contributed by atoms with Crippen molar-refractivity contribution in [2.24, 2.45) is 0 Å². The zero-order valence-corrected chi connectivity index (χ0v) is 16.4. The third kappa shape index (κ3) is 4.79. The maximum Gasteiger partial charge on any atom is 0.345 e. The number of aryl methyl sites for hydroxylation is 1. The third-order valence-corrected chi connectivity index (χ3v) is 4.85. The van der Waals surface area contributed by atoms with E-state index in [1.54, 1.807) is 24.3 Å². The molecule has 3 rings (SSSR count). The molecular formula is C19H17N5O4S. The minimum Gasteiger partial charge on any atom is -0.496 e. The number of anilines is 1. The lowest BCUT2D eigenvalue weighted by atomic mass is 10.2. The van der Waals surface area contributed by atoms with Crippen LogP contribution in [0.15, 0.2) is 64.8 Å². The van der Waals surface area contributed by atoms with Gasteiger partial charge in [0.15, 0.2) is 5.03 Å². The topological polar surface area (TPSA) is 119 Å². The van der Waals surface area contributed by atoms with Gasteiger partial charge in [0.25, 0.3) is 5.91 Å². The van der Waals surface area contributed by atoms with Gasteiger partial charge < -0.3 is 4.74 Å². The van der Waals surface area contributed by atoms with E-state index in [0.29, 0.717) is 5.75 Å². The molecule has 0 spiro atoms. The molecule has 0 fully saturated rings. The summed E-state index contributed by atoms with van der Waals surface area (Å²) in [5.41, 5.74) is 5.94. The van der Waals surface area contributed by atoms with Crippen LogP contribution in [0.25, 0.3) is 0 Å². The van der Waals surface area contributed by atoms with Crippen molar-refractivity contribution < 1.29 is 14.5 Å². The molecule has 148 valence electrons. The van der Waals surface area contributed by atoms with Gasteiger partial charge in [-0.05, 0) is 31.2 Å². The normalized spacial score (nSPS) is 10.3. The summed E-state index contributed by atoms with van der Waals surface area (Å²) in [6.07, 6.45) is 1.20. The van der Waals surface area contributed by atoms with Crippen molar-refractivity contribution in [2.75, 3.05) is 12.5 Å². The summed E-state index contributed by atoms with van der Waals surface area (Å²) in [4.78, 5) is 32.2. The molecule has 1 amide bonds. The largest absolute Gasteiger partial charge is 0.496 e. The fourth-order valence-electron chi connectivity index (χ4n) is 2.43. The number of aromatic nitrogens is 2. The molecule has 0 saturated carbocycles. The quantitative estimate of drug-likeness (QED) is 0.344. The number of nitro groups is 1. The third-order valence-electron chi connectivity index (χ3n) is 3.85. The molecule has 0 unspecified atom stereocenters. The number of para-hydroxylation sites is 1. The number of amides is 1. The number of hydrogen-bond acceptors (Lipinski definition) is 8. The first-order valence-electron chi connectivity index (χ1n) is 8.43. The minimum absolute atomic E-state index is 0.122. The molecule has 0 bridgehead atoms. The second kappa shape index (κ2) is 9.02. The molecule has 2 N–H and O–H groups in total. The molecule has 0 atom stereocenters. The number of nitrogens with zero attached hydrogens (tertiary/aromatic N) is 3. The number of hydrogen-bond donors (Lipinski definition) is 2. The summed E-state index contributed by atoms with van der Waals surface area (Å²) < 4.78 is 5.15. The van der Waals surface area contributed by atoms with Gasteiger partial charge in [0.1, 0.15) is 12.1 Å². The van der Waals surface area contributed by atoms with E-state index in [4.69, 9.17) is 4.74 Å². The van der Waals surface area contributed by atoms with Crippen molar-refractivity contribution >= 4 is 29.2 Å². The van der Waals surface area contributed by atoms with Crippen LogP contribution in [0.1, 0.15) is 15.9 Å². The van der Waals surface area contributed by atoms with Crippen molar-refractivity contribution in [2.45, 2.75) is 16.8 Å². The summed E-state index contributed by atoms with van der Waals surface area (Å²) in [7, 11) is 1.45. The highest BCUT2D eigenvalue weighted by molar-refractivity contribution is 7.99. The summed E-state index contributed by atoms with van der Waals surface area (Å²) in [6.45, 7) is 1.95. The highest BCUT2D eigenvalue weighted by Gasteiger charge is 2.24. The Hall–Kier alpha value is -3.66. The molecule has 29 heavy (non-hydrogen) atoms. The number of hydrazine groups is 1. The van der Waals surface area contributed by atoms with Crippen molar-refractivity contribution in [3.8, 4) is 5.75 Å². The van der Waals surface area contributed by atoms with Crippen molar-refractivity contribution in [1.82, 2.24) is 15.4 Å². The van der Waals surface area contributed by atoms with Crippen LogP contribution in [0.3, 0.4) is 0 Å². The van der Waals surface area contributed by atoms with Gasteiger partial charge in [-0.1, -0.05) is 41.6 Å². The second-order valence-electron chi connectivity index (χ2n) is 5.83. The molecular weight excluding hydrogens is 394 g/mol. The van der Waals surface area contributed by atoms with Crippen LogP contribution < -0.4 is 15.6 Å². The van der Waals surface area contributed by atoms with E-state index in [2.05, 4.69) is 20.8 Å². The SMILES string of the molecule is COc1ccccc1C(=O)NNc1ncnc(Sc2ccc(C)cc2)c1[N+](=O)[O-]. The monoisotopic (exact) mass is 411 g/mol. The molecule has 0 aliphatic heterocycles. The second-order valence-corrected chi connectivity index (χ2v) is 6.89. The molecule has 1 heterocycles. The fraction of sp³-hybridized carbons (Fsp3) is 0.105. The number of ether oxygens (including phenoxy) is 1. The number of benzene rings is 2. The van der Waals surface area contributed by atoms with E-state index in [9.17, 15) is 14.9 Å². The van der Waals surface area contributed by atoms with Crippen molar-refractivity contribution in [1.29, 1.82) is 0 Å².